The Kier molecular flexibility index (Phi) is 5.46. The molecular formula is C26H33N3O3. The maximum Gasteiger partial charge on any atom is 0.219 e. The van der Waals surface area contributed by atoms with Gasteiger partial charge in [-0.1, -0.05) is 12.1 Å². The summed E-state index contributed by atoms with van der Waals surface area (Å²) in [4.78, 5) is 21.4. The van der Waals surface area contributed by atoms with Gasteiger partial charge in [-0.25, -0.2) is 0 Å². The normalized spacial score (nSPS) is 29.6. The monoisotopic (exact) mass is 435 g/mol. The fourth-order valence-electron chi connectivity index (χ4n) is 6.51. The number of hydrogen-bond acceptors (Lipinski definition) is 5. The fraction of sp³-hybridized carbons (Fsp3) is 0.538. The van der Waals surface area contributed by atoms with Crippen molar-refractivity contribution in [3.63, 3.8) is 0 Å². The van der Waals surface area contributed by atoms with Gasteiger partial charge in [-0.15, -0.1) is 0 Å². The largest absolute Gasteiger partial charge is 0.497 e. The molecule has 32 heavy (non-hydrogen) atoms. The Morgan fingerprint density at radius 2 is 2.00 bits per heavy atom. The highest BCUT2D eigenvalue weighted by atomic mass is 16.5. The zero-order valence-corrected chi connectivity index (χ0v) is 19.1. The Morgan fingerprint density at radius 3 is 2.75 bits per heavy atom. The first kappa shape index (κ1) is 21.4. The fourth-order valence-corrected chi connectivity index (χ4v) is 6.51. The third kappa shape index (κ3) is 3.32. The number of fused-ring (bicyclic) bond motifs is 1. The van der Waals surface area contributed by atoms with Gasteiger partial charge in [0, 0.05) is 50.3 Å². The molecule has 6 heteroatoms. The summed E-state index contributed by atoms with van der Waals surface area (Å²) in [6.45, 7) is 5.02. The maximum absolute atomic E-state index is 12.5. The molecule has 2 aromatic rings. The third-order valence-corrected chi connectivity index (χ3v) is 8.26. The topological polar surface area (TPSA) is 65.9 Å². The Morgan fingerprint density at radius 1 is 1.19 bits per heavy atom. The summed E-state index contributed by atoms with van der Waals surface area (Å²) in [5, 5.41) is 12.4. The Bertz CT molecular complexity index is 997. The molecule has 2 saturated heterocycles. The summed E-state index contributed by atoms with van der Waals surface area (Å²) in [5.74, 6) is 0.898. The lowest BCUT2D eigenvalue weighted by Crippen LogP contribution is -2.72. The van der Waals surface area contributed by atoms with E-state index in [-0.39, 0.29) is 17.4 Å². The number of benzene rings is 1. The molecular weight excluding hydrogens is 402 g/mol. The van der Waals surface area contributed by atoms with Crippen molar-refractivity contribution >= 4 is 5.91 Å². The van der Waals surface area contributed by atoms with Crippen LogP contribution in [0.3, 0.4) is 0 Å². The van der Waals surface area contributed by atoms with E-state index in [1.165, 1.54) is 11.1 Å². The standard InChI is InChI=1S/C26H33N3O3/c1-19(30)29-16-10-25-9-14-28(13-8-21-5-3-4-12-27-21)15-11-26(25,31)24(29)17-20-6-7-22(32-2)18-23(20)25/h3-7,12,18,24,31H,8-11,13-17H2,1-2H3. The van der Waals surface area contributed by atoms with E-state index >= 15 is 0 Å². The molecule has 1 N–H and O–H groups in total. The molecule has 6 nitrogen and oxygen atoms in total. The van der Waals surface area contributed by atoms with Crippen LogP contribution in [0.15, 0.2) is 42.6 Å². The van der Waals surface area contributed by atoms with Crippen LogP contribution in [0.1, 0.15) is 43.0 Å². The molecule has 1 aliphatic carbocycles. The second kappa shape index (κ2) is 8.16. The summed E-state index contributed by atoms with van der Waals surface area (Å²) in [7, 11) is 1.70. The number of rotatable bonds is 4. The molecule has 1 aromatic carbocycles. The predicted octanol–water partition coefficient (Wildman–Crippen LogP) is 2.57. The van der Waals surface area contributed by atoms with Gasteiger partial charge in [0.15, 0.2) is 0 Å². The van der Waals surface area contributed by atoms with Gasteiger partial charge in [0.1, 0.15) is 5.75 Å². The predicted molar refractivity (Wildman–Crippen MR) is 123 cm³/mol. The summed E-state index contributed by atoms with van der Waals surface area (Å²) in [6, 6.07) is 12.2. The van der Waals surface area contributed by atoms with Crippen LogP contribution in [0.5, 0.6) is 5.75 Å². The second-order valence-corrected chi connectivity index (χ2v) is 9.62. The summed E-state index contributed by atoms with van der Waals surface area (Å²) >= 11 is 0. The Labute approximate surface area is 190 Å². The van der Waals surface area contributed by atoms with Crippen molar-refractivity contribution in [3.8, 4) is 5.75 Å². The first-order chi connectivity index (χ1) is 15.5. The van der Waals surface area contributed by atoms with Gasteiger partial charge in [-0.2, -0.15) is 0 Å². The first-order valence-electron chi connectivity index (χ1n) is 11.8. The van der Waals surface area contributed by atoms with Crippen molar-refractivity contribution in [1.29, 1.82) is 0 Å². The number of ether oxygens (including phenoxy) is 1. The molecule has 170 valence electrons. The molecule has 3 aliphatic rings. The van der Waals surface area contributed by atoms with Gasteiger partial charge < -0.3 is 19.6 Å². The Balaban J connectivity index is 1.49. The van der Waals surface area contributed by atoms with Crippen LogP contribution in [0, 0.1) is 0 Å². The number of amides is 1. The highest BCUT2D eigenvalue weighted by molar-refractivity contribution is 5.74. The highest BCUT2D eigenvalue weighted by Gasteiger charge is 2.63. The molecule has 2 fully saturated rings. The van der Waals surface area contributed by atoms with Gasteiger partial charge in [-0.05, 0) is 67.6 Å². The molecule has 3 unspecified atom stereocenters. The molecule has 1 amide bonds. The minimum absolute atomic E-state index is 0.0604. The summed E-state index contributed by atoms with van der Waals surface area (Å²) in [6.07, 6.45) is 5.78. The van der Waals surface area contributed by atoms with E-state index in [9.17, 15) is 9.90 Å². The van der Waals surface area contributed by atoms with Crippen LogP contribution in [0.25, 0.3) is 0 Å². The van der Waals surface area contributed by atoms with E-state index in [1.807, 2.05) is 29.3 Å². The average molecular weight is 436 g/mol. The van der Waals surface area contributed by atoms with E-state index in [2.05, 4.69) is 28.1 Å². The highest BCUT2D eigenvalue weighted by Crippen LogP contribution is 2.56. The van der Waals surface area contributed by atoms with Crippen LogP contribution < -0.4 is 4.74 Å². The molecule has 0 spiro atoms. The number of piperidine rings is 1. The van der Waals surface area contributed by atoms with Gasteiger partial charge >= 0.3 is 0 Å². The van der Waals surface area contributed by atoms with Crippen molar-refractivity contribution in [3.05, 3.63) is 59.4 Å². The van der Waals surface area contributed by atoms with Crippen molar-refractivity contribution in [2.24, 2.45) is 0 Å². The quantitative estimate of drug-likeness (QED) is 0.800. The molecule has 3 heterocycles. The number of hydrogen-bond donors (Lipinski definition) is 1. The van der Waals surface area contributed by atoms with Crippen molar-refractivity contribution in [1.82, 2.24) is 14.8 Å². The third-order valence-electron chi connectivity index (χ3n) is 8.26. The number of carbonyl (C=O) groups excluding carboxylic acids is 1. The van der Waals surface area contributed by atoms with Gasteiger partial charge in [0.25, 0.3) is 0 Å². The van der Waals surface area contributed by atoms with Crippen LogP contribution in [0.4, 0.5) is 0 Å². The minimum atomic E-state index is -0.934. The number of pyridine rings is 1. The SMILES string of the molecule is COc1ccc2c(c1)C13CCN(CCc4ccccn4)CCC1(O)C(C2)N(C(C)=O)CC3. The minimum Gasteiger partial charge on any atom is -0.497 e. The van der Waals surface area contributed by atoms with Crippen molar-refractivity contribution in [2.75, 3.05) is 33.3 Å². The van der Waals surface area contributed by atoms with E-state index in [0.29, 0.717) is 19.4 Å². The van der Waals surface area contributed by atoms with Crippen molar-refractivity contribution in [2.45, 2.75) is 56.1 Å². The van der Waals surface area contributed by atoms with Gasteiger partial charge in [0.05, 0.1) is 18.8 Å². The summed E-state index contributed by atoms with van der Waals surface area (Å²) < 4.78 is 5.56. The van der Waals surface area contributed by atoms with Crippen LogP contribution in [0.2, 0.25) is 0 Å². The molecule has 0 radical (unpaired) electrons. The van der Waals surface area contributed by atoms with Crippen molar-refractivity contribution < 1.29 is 14.6 Å². The van der Waals surface area contributed by atoms with Gasteiger partial charge in [-0.3, -0.25) is 9.78 Å². The number of likely N-dealkylation sites (tertiary alicyclic amines) is 2. The second-order valence-electron chi connectivity index (χ2n) is 9.62. The number of nitrogens with zero attached hydrogens (tertiary/aromatic N) is 3. The summed E-state index contributed by atoms with van der Waals surface area (Å²) in [5.41, 5.74) is 2.28. The lowest BCUT2D eigenvalue weighted by molar-refractivity contribution is -0.166. The smallest absolute Gasteiger partial charge is 0.219 e. The number of carbonyl (C=O) groups is 1. The molecule has 3 atom stereocenters. The molecule has 0 saturated carbocycles. The van der Waals surface area contributed by atoms with Crippen LogP contribution in [-0.4, -0.2) is 70.7 Å². The number of methoxy groups -OCH3 is 1. The van der Waals surface area contributed by atoms with E-state index in [4.69, 9.17) is 4.74 Å². The van der Waals surface area contributed by atoms with Gasteiger partial charge in [0.2, 0.25) is 5.91 Å². The zero-order chi connectivity index (χ0) is 22.3. The maximum atomic E-state index is 12.5. The van der Waals surface area contributed by atoms with E-state index < -0.39 is 5.60 Å². The lowest BCUT2D eigenvalue weighted by atomic mass is 9.52. The molecule has 2 aliphatic heterocycles. The lowest BCUT2D eigenvalue weighted by Gasteiger charge is -2.61. The van der Waals surface area contributed by atoms with Crippen LogP contribution >= 0.6 is 0 Å². The average Bonchev–Trinajstić information content (AvgIpc) is 2.96. The molecule has 1 aromatic heterocycles. The van der Waals surface area contributed by atoms with E-state index in [1.54, 1.807) is 14.0 Å². The number of aliphatic hydroxyl groups is 1. The Hall–Kier alpha value is -2.44. The zero-order valence-electron chi connectivity index (χ0n) is 19.1. The molecule has 2 bridgehead atoms. The first-order valence-corrected chi connectivity index (χ1v) is 11.8. The van der Waals surface area contributed by atoms with E-state index in [0.717, 1.165) is 50.3 Å². The molecule has 5 rings (SSSR count). The number of aromatic nitrogens is 1. The van der Waals surface area contributed by atoms with Crippen LogP contribution in [-0.2, 0) is 23.1 Å².